The topological polar surface area (TPSA) is 125 Å². The van der Waals surface area contributed by atoms with Crippen molar-refractivity contribution in [3.05, 3.63) is 56.5 Å². The summed E-state index contributed by atoms with van der Waals surface area (Å²) in [5, 5.41) is 25.1. The number of benzene rings is 2. The summed E-state index contributed by atoms with van der Waals surface area (Å²) in [5.41, 5.74) is 2.56. The van der Waals surface area contributed by atoms with E-state index in [1.807, 2.05) is 0 Å². The number of hydrogen-bond acceptors (Lipinski definition) is 7. The minimum absolute atomic E-state index is 0.00435. The van der Waals surface area contributed by atoms with Crippen LogP contribution in [-0.2, 0) is 10.0 Å². The summed E-state index contributed by atoms with van der Waals surface area (Å²) >= 11 is 3.27. The first-order chi connectivity index (χ1) is 13.3. The van der Waals surface area contributed by atoms with Gasteiger partial charge in [-0.05, 0) is 43.2 Å². The van der Waals surface area contributed by atoms with Gasteiger partial charge in [0.1, 0.15) is 11.4 Å². The second-order valence-corrected chi connectivity index (χ2v) is 8.97. The van der Waals surface area contributed by atoms with Gasteiger partial charge in [-0.15, -0.1) is 0 Å². The maximum absolute atomic E-state index is 12.6. The summed E-state index contributed by atoms with van der Waals surface area (Å²) in [4.78, 5) is 10.6. The van der Waals surface area contributed by atoms with E-state index in [9.17, 15) is 23.6 Å². The van der Waals surface area contributed by atoms with Crippen LogP contribution in [0, 0.1) is 10.1 Å². The van der Waals surface area contributed by atoms with Crippen molar-refractivity contribution < 1.29 is 18.4 Å². The number of sulfonamides is 1. The minimum atomic E-state index is -3.76. The number of rotatable bonds is 6. The van der Waals surface area contributed by atoms with Crippen molar-refractivity contribution in [1.29, 1.82) is 0 Å². The normalized spacial score (nSPS) is 15.2. The molecule has 1 fully saturated rings. The molecule has 0 spiro atoms. The van der Waals surface area contributed by atoms with Crippen molar-refractivity contribution >= 4 is 43.5 Å². The Hall–Kier alpha value is -2.50. The monoisotopic (exact) mass is 468 g/mol. The molecule has 0 aliphatic carbocycles. The molecule has 0 amide bonds. The summed E-state index contributed by atoms with van der Waals surface area (Å²) in [6.07, 6.45) is 2.86. The molecule has 2 aromatic carbocycles. The summed E-state index contributed by atoms with van der Waals surface area (Å²) in [6.45, 7) is 0.826. The van der Waals surface area contributed by atoms with E-state index < -0.39 is 20.6 Å². The maximum atomic E-state index is 12.6. The number of anilines is 1. The van der Waals surface area contributed by atoms with Crippen LogP contribution in [0.1, 0.15) is 18.4 Å². The first kappa shape index (κ1) is 20.2. The smallest absolute Gasteiger partial charge is 0.295 e. The SMILES string of the molecule is O=[N+]([O-])c1cc(S(=O)(=O)N2CCCC2)ccc1N/N=C/c1cc(Br)ccc1O. The van der Waals surface area contributed by atoms with Crippen LogP contribution in [0.5, 0.6) is 5.75 Å². The molecule has 1 aliphatic rings. The summed E-state index contributed by atoms with van der Waals surface area (Å²) in [6, 6.07) is 8.41. The van der Waals surface area contributed by atoms with Crippen LogP contribution in [-0.4, -0.2) is 42.1 Å². The molecule has 0 atom stereocenters. The number of aromatic hydroxyl groups is 1. The third-order valence-electron chi connectivity index (χ3n) is 4.25. The van der Waals surface area contributed by atoms with Crippen molar-refractivity contribution in [2.75, 3.05) is 18.5 Å². The van der Waals surface area contributed by atoms with Crippen LogP contribution in [0.3, 0.4) is 0 Å². The molecule has 0 saturated carbocycles. The maximum Gasteiger partial charge on any atom is 0.295 e. The van der Waals surface area contributed by atoms with E-state index in [4.69, 9.17) is 0 Å². The number of nitrogens with zero attached hydrogens (tertiary/aromatic N) is 3. The highest BCUT2D eigenvalue weighted by molar-refractivity contribution is 9.10. The molecule has 9 nitrogen and oxygen atoms in total. The van der Waals surface area contributed by atoms with Gasteiger partial charge in [-0.2, -0.15) is 9.41 Å². The summed E-state index contributed by atoms with van der Waals surface area (Å²) in [7, 11) is -3.76. The van der Waals surface area contributed by atoms with Crippen molar-refractivity contribution in [2.24, 2.45) is 5.10 Å². The van der Waals surface area contributed by atoms with Crippen LogP contribution >= 0.6 is 15.9 Å². The van der Waals surface area contributed by atoms with Crippen molar-refractivity contribution in [3.63, 3.8) is 0 Å². The number of phenols is 1. The van der Waals surface area contributed by atoms with Crippen LogP contribution < -0.4 is 5.43 Å². The van der Waals surface area contributed by atoms with Crippen LogP contribution in [0.25, 0.3) is 0 Å². The molecular weight excluding hydrogens is 452 g/mol. The van der Waals surface area contributed by atoms with Crippen molar-refractivity contribution in [1.82, 2.24) is 4.31 Å². The number of nitro groups is 1. The second-order valence-electron chi connectivity index (χ2n) is 6.12. The summed E-state index contributed by atoms with van der Waals surface area (Å²) < 4.78 is 27.3. The van der Waals surface area contributed by atoms with Gasteiger partial charge in [-0.25, -0.2) is 8.42 Å². The van der Waals surface area contributed by atoms with Crippen LogP contribution in [0.2, 0.25) is 0 Å². The lowest BCUT2D eigenvalue weighted by molar-refractivity contribution is -0.384. The van der Waals surface area contributed by atoms with Crippen LogP contribution in [0.15, 0.2) is 50.9 Å². The van der Waals surface area contributed by atoms with Crippen molar-refractivity contribution in [3.8, 4) is 5.75 Å². The first-order valence-electron chi connectivity index (χ1n) is 8.35. The average molecular weight is 469 g/mol. The Kier molecular flexibility index (Phi) is 5.96. The van der Waals surface area contributed by atoms with Gasteiger partial charge in [0.2, 0.25) is 10.0 Å². The Morgan fingerprint density at radius 3 is 2.61 bits per heavy atom. The number of nitrogens with one attached hydrogen (secondary N) is 1. The highest BCUT2D eigenvalue weighted by atomic mass is 79.9. The molecule has 1 saturated heterocycles. The molecule has 11 heteroatoms. The largest absolute Gasteiger partial charge is 0.507 e. The molecule has 0 aromatic heterocycles. The van der Waals surface area contributed by atoms with Gasteiger partial charge in [-0.3, -0.25) is 15.5 Å². The van der Waals surface area contributed by atoms with E-state index in [0.717, 1.165) is 23.4 Å². The fourth-order valence-corrected chi connectivity index (χ4v) is 4.71. The highest BCUT2D eigenvalue weighted by Gasteiger charge is 2.29. The minimum Gasteiger partial charge on any atom is -0.507 e. The summed E-state index contributed by atoms with van der Waals surface area (Å²) in [5.74, 6) is -0.00435. The van der Waals surface area contributed by atoms with Gasteiger partial charge >= 0.3 is 0 Å². The predicted molar refractivity (Wildman–Crippen MR) is 108 cm³/mol. The van der Waals surface area contributed by atoms with Gasteiger partial charge in [0.25, 0.3) is 5.69 Å². The Labute approximate surface area is 170 Å². The number of hydrazone groups is 1. The molecular formula is C17H17BrN4O5S. The Morgan fingerprint density at radius 2 is 1.93 bits per heavy atom. The molecule has 3 rings (SSSR count). The molecule has 2 aromatic rings. The van der Waals surface area contributed by atoms with E-state index >= 15 is 0 Å². The van der Waals surface area contributed by atoms with E-state index in [0.29, 0.717) is 18.7 Å². The van der Waals surface area contributed by atoms with E-state index in [1.165, 1.54) is 28.7 Å². The van der Waals surface area contributed by atoms with E-state index in [-0.39, 0.29) is 16.3 Å². The standard InChI is InChI=1S/C17H17BrN4O5S/c18-13-3-6-17(23)12(9-13)11-19-20-15-5-4-14(10-16(15)22(24)25)28(26,27)21-7-1-2-8-21/h3-6,9-11,20,23H,1-2,7-8H2/b19-11+. The number of phenolic OH excluding ortho intramolecular Hbond substituents is 1. The molecule has 148 valence electrons. The second kappa shape index (κ2) is 8.25. The first-order valence-corrected chi connectivity index (χ1v) is 10.6. The number of hydrogen-bond donors (Lipinski definition) is 2. The zero-order chi connectivity index (χ0) is 20.3. The molecule has 1 heterocycles. The molecule has 28 heavy (non-hydrogen) atoms. The molecule has 1 aliphatic heterocycles. The lowest BCUT2D eigenvalue weighted by Crippen LogP contribution is -2.27. The zero-order valence-electron chi connectivity index (χ0n) is 14.6. The van der Waals surface area contributed by atoms with Gasteiger partial charge in [0.05, 0.1) is 16.0 Å². The van der Waals surface area contributed by atoms with Gasteiger partial charge in [-0.1, -0.05) is 15.9 Å². The average Bonchev–Trinajstić information content (AvgIpc) is 3.20. The Morgan fingerprint density at radius 1 is 1.21 bits per heavy atom. The van der Waals surface area contributed by atoms with Gasteiger partial charge in [0.15, 0.2) is 0 Å². The highest BCUT2D eigenvalue weighted by Crippen LogP contribution is 2.30. The molecule has 0 unspecified atom stereocenters. The predicted octanol–water partition coefficient (Wildman–Crippen LogP) is 3.29. The van der Waals surface area contributed by atoms with Gasteiger partial charge in [0, 0.05) is 29.2 Å². The van der Waals surface area contributed by atoms with Crippen molar-refractivity contribution in [2.45, 2.75) is 17.7 Å². The number of nitro benzene ring substituents is 1. The Balaban J connectivity index is 1.86. The third-order valence-corrected chi connectivity index (χ3v) is 6.63. The van der Waals surface area contributed by atoms with E-state index in [2.05, 4.69) is 26.5 Å². The lowest BCUT2D eigenvalue weighted by Gasteiger charge is -2.15. The molecule has 0 bridgehead atoms. The van der Waals surface area contributed by atoms with E-state index in [1.54, 1.807) is 12.1 Å². The fraction of sp³-hybridized carbons (Fsp3) is 0.235. The third kappa shape index (κ3) is 4.32. The Bertz CT molecular complexity index is 1040. The van der Waals surface area contributed by atoms with Gasteiger partial charge < -0.3 is 5.11 Å². The molecule has 2 N–H and O–H groups in total. The molecule has 0 radical (unpaired) electrons. The lowest BCUT2D eigenvalue weighted by atomic mass is 10.2. The zero-order valence-corrected chi connectivity index (χ0v) is 17.0. The number of halogens is 1. The quantitative estimate of drug-likeness (QED) is 0.380. The fourth-order valence-electron chi connectivity index (χ4n) is 2.80. The van der Waals surface area contributed by atoms with Crippen LogP contribution in [0.4, 0.5) is 11.4 Å².